The van der Waals surface area contributed by atoms with Crippen LogP contribution in [0.2, 0.25) is 0 Å². The number of carbonyl (C=O) groups is 1. The molecule has 0 saturated carbocycles. The van der Waals surface area contributed by atoms with Gasteiger partial charge in [-0.15, -0.1) is 0 Å². The van der Waals surface area contributed by atoms with Crippen molar-refractivity contribution < 1.29 is 27.8 Å². The Hall–Kier alpha value is -3.56. The van der Waals surface area contributed by atoms with E-state index in [9.17, 15) is 13.6 Å². The van der Waals surface area contributed by atoms with Crippen molar-refractivity contribution in [2.75, 3.05) is 27.8 Å². The highest BCUT2D eigenvalue weighted by atomic mass is 19.3. The summed E-state index contributed by atoms with van der Waals surface area (Å²) in [5, 5.41) is 8.62. The zero-order chi connectivity index (χ0) is 22.6. The van der Waals surface area contributed by atoms with E-state index in [0.717, 1.165) is 11.3 Å². The molecule has 10 heteroatoms. The molecule has 0 aliphatic rings. The van der Waals surface area contributed by atoms with Crippen LogP contribution in [-0.4, -0.2) is 46.3 Å². The number of halogens is 2. The average Bonchev–Trinajstić information content (AvgIpc) is 2.78. The van der Waals surface area contributed by atoms with Crippen molar-refractivity contribution >= 4 is 11.9 Å². The third-order valence-electron chi connectivity index (χ3n) is 4.22. The third-order valence-corrected chi connectivity index (χ3v) is 4.22. The van der Waals surface area contributed by atoms with Gasteiger partial charge in [-0.3, -0.25) is 9.79 Å². The second-order valence-electron chi connectivity index (χ2n) is 6.26. The average molecular weight is 436 g/mol. The molecular weight excluding hydrogens is 410 g/mol. The monoisotopic (exact) mass is 436 g/mol. The Labute approximate surface area is 179 Å². The first kappa shape index (κ1) is 23.7. The molecule has 2 aromatic carbocycles. The number of nitrogens with one attached hydrogen (secondary N) is 3. The number of hydrogen-bond donors (Lipinski definition) is 3. The maximum absolute atomic E-state index is 12.6. The van der Waals surface area contributed by atoms with Crippen LogP contribution in [0.4, 0.5) is 8.78 Å². The van der Waals surface area contributed by atoms with Gasteiger partial charge in [0.2, 0.25) is 5.91 Å². The molecule has 0 saturated heterocycles. The number of amides is 1. The van der Waals surface area contributed by atoms with Crippen LogP contribution in [0.5, 0.6) is 17.2 Å². The van der Waals surface area contributed by atoms with Gasteiger partial charge in [-0.2, -0.15) is 8.78 Å². The molecule has 0 aromatic heterocycles. The minimum atomic E-state index is -2.95. The second kappa shape index (κ2) is 12.2. The molecule has 0 spiro atoms. The van der Waals surface area contributed by atoms with E-state index in [1.165, 1.54) is 26.3 Å². The Balaban J connectivity index is 1.84. The van der Waals surface area contributed by atoms with E-state index in [1.54, 1.807) is 13.2 Å². The smallest absolute Gasteiger partial charge is 0.387 e. The molecule has 31 heavy (non-hydrogen) atoms. The highest BCUT2D eigenvalue weighted by Gasteiger charge is 2.12. The van der Waals surface area contributed by atoms with Crippen molar-refractivity contribution in [1.82, 2.24) is 16.0 Å². The number of benzene rings is 2. The predicted molar refractivity (Wildman–Crippen MR) is 113 cm³/mol. The highest BCUT2D eigenvalue weighted by molar-refractivity contribution is 5.86. The number of nitrogens with zero attached hydrogens (tertiary/aromatic N) is 1. The first-order chi connectivity index (χ1) is 14.9. The van der Waals surface area contributed by atoms with E-state index < -0.39 is 6.61 Å². The van der Waals surface area contributed by atoms with Crippen LogP contribution >= 0.6 is 0 Å². The summed E-state index contributed by atoms with van der Waals surface area (Å²) >= 11 is 0. The SMILES string of the molecule is CN=C(NCC(=O)NCc1ccc(OC)cc1)NCc1cc(OC)ccc1OC(F)F. The standard InChI is InChI=1S/C21H26F2N4O4/c1-24-21(26-12-15-10-17(30-3)8-9-18(15)31-20(22)23)27-13-19(28)25-11-14-4-6-16(29-2)7-5-14/h4-10,20H,11-13H2,1-3H3,(H,25,28)(H2,24,26,27). The Morgan fingerprint density at radius 2 is 1.65 bits per heavy atom. The lowest BCUT2D eigenvalue weighted by atomic mass is 10.2. The quantitative estimate of drug-likeness (QED) is 0.391. The topological polar surface area (TPSA) is 93.2 Å². The summed E-state index contributed by atoms with van der Waals surface area (Å²) in [5.41, 5.74) is 1.38. The molecule has 0 atom stereocenters. The van der Waals surface area contributed by atoms with E-state index in [1.807, 2.05) is 24.3 Å². The molecule has 8 nitrogen and oxygen atoms in total. The van der Waals surface area contributed by atoms with Crippen molar-refractivity contribution in [3.63, 3.8) is 0 Å². The lowest BCUT2D eigenvalue weighted by Gasteiger charge is -2.15. The van der Waals surface area contributed by atoms with Crippen molar-refractivity contribution in [2.45, 2.75) is 19.7 Å². The van der Waals surface area contributed by atoms with Gasteiger partial charge in [0, 0.05) is 25.7 Å². The third kappa shape index (κ3) is 8.00. The van der Waals surface area contributed by atoms with E-state index >= 15 is 0 Å². The molecule has 0 radical (unpaired) electrons. The maximum atomic E-state index is 12.6. The molecule has 3 N–H and O–H groups in total. The van der Waals surface area contributed by atoms with Crippen LogP contribution in [0.1, 0.15) is 11.1 Å². The molecule has 0 unspecified atom stereocenters. The Morgan fingerprint density at radius 1 is 0.968 bits per heavy atom. The molecule has 0 aliphatic carbocycles. The minimum Gasteiger partial charge on any atom is -0.497 e. The number of guanidine groups is 1. The van der Waals surface area contributed by atoms with Crippen LogP contribution in [-0.2, 0) is 17.9 Å². The van der Waals surface area contributed by atoms with Crippen molar-refractivity contribution in [1.29, 1.82) is 0 Å². The van der Waals surface area contributed by atoms with E-state index in [4.69, 9.17) is 9.47 Å². The molecule has 2 aromatic rings. The minimum absolute atomic E-state index is 0.0195. The van der Waals surface area contributed by atoms with Crippen molar-refractivity contribution in [2.24, 2.45) is 4.99 Å². The normalized spacial score (nSPS) is 11.1. The Morgan fingerprint density at radius 3 is 2.26 bits per heavy atom. The number of methoxy groups -OCH3 is 2. The van der Waals surface area contributed by atoms with Gasteiger partial charge in [-0.1, -0.05) is 12.1 Å². The number of rotatable bonds is 10. The van der Waals surface area contributed by atoms with Crippen LogP contribution in [0.25, 0.3) is 0 Å². The van der Waals surface area contributed by atoms with Crippen LogP contribution in [0, 0.1) is 0 Å². The molecule has 0 bridgehead atoms. The molecule has 1 amide bonds. The van der Waals surface area contributed by atoms with Crippen LogP contribution in [0.3, 0.4) is 0 Å². The first-order valence-corrected chi connectivity index (χ1v) is 9.41. The summed E-state index contributed by atoms with van der Waals surface area (Å²) in [7, 11) is 4.60. The largest absolute Gasteiger partial charge is 0.497 e. The number of hydrogen-bond acceptors (Lipinski definition) is 5. The fourth-order valence-electron chi connectivity index (χ4n) is 2.60. The Bertz CT molecular complexity index is 876. The summed E-state index contributed by atoms with van der Waals surface area (Å²) < 4.78 is 40.0. The molecular formula is C21H26F2N4O4. The lowest BCUT2D eigenvalue weighted by molar-refractivity contribution is -0.120. The van der Waals surface area contributed by atoms with E-state index in [-0.39, 0.29) is 24.7 Å². The zero-order valence-electron chi connectivity index (χ0n) is 17.6. The number of ether oxygens (including phenoxy) is 3. The molecule has 168 valence electrons. The number of aliphatic imine (C=N–C) groups is 1. The molecule has 0 aliphatic heterocycles. The van der Waals surface area contributed by atoms with Gasteiger partial charge in [0.25, 0.3) is 0 Å². The second-order valence-corrected chi connectivity index (χ2v) is 6.26. The van der Waals surface area contributed by atoms with Gasteiger partial charge in [0.05, 0.1) is 20.8 Å². The van der Waals surface area contributed by atoms with Gasteiger partial charge in [-0.05, 0) is 35.9 Å². The summed E-state index contributed by atoms with van der Waals surface area (Å²) in [6.07, 6.45) is 0. The molecule has 0 heterocycles. The summed E-state index contributed by atoms with van der Waals surface area (Å²) in [4.78, 5) is 16.1. The van der Waals surface area contributed by atoms with Crippen molar-refractivity contribution in [3.8, 4) is 17.2 Å². The van der Waals surface area contributed by atoms with Gasteiger partial charge in [0.15, 0.2) is 5.96 Å². The lowest BCUT2D eigenvalue weighted by Crippen LogP contribution is -2.42. The van der Waals surface area contributed by atoms with Crippen LogP contribution in [0.15, 0.2) is 47.5 Å². The predicted octanol–water partition coefficient (Wildman–Crippen LogP) is 2.29. The van der Waals surface area contributed by atoms with Gasteiger partial charge >= 0.3 is 6.61 Å². The van der Waals surface area contributed by atoms with E-state index in [0.29, 0.717) is 23.8 Å². The highest BCUT2D eigenvalue weighted by Crippen LogP contribution is 2.25. The van der Waals surface area contributed by atoms with Crippen molar-refractivity contribution in [3.05, 3.63) is 53.6 Å². The summed E-state index contributed by atoms with van der Waals surface area (Å²) in [6, 6.07) is 11.9. The summed E-state index contributed by atoms with van der Waals surface area (Å²) in [6.45, 7) is -2.46. The fourth-order valence-corrected chi connectivity index (χ4v) is 2.60. The van der Waals surface area contributed by atoms with Gasteiger partial charge in [-0.25, -0.2) is 0 Å². The molecule has 0 fully saturated rings. The maximum Gasteiger partial charge on any atom is 0.387 e. The summed E-state index contributed by atoms with van der Waals surface area (Å²) in [5.74, 6) is 1.35. The van der Waals surface area contributed by atoms with Gasteiger partial charge < -0.3 is 30.2 Å². The molecule has 2 rings (SSSR count). The zero-order valence-corrected chi connectivity index (χ0v) is 17.6. The Kier molecular flexibility index (Phi) is 9.34. The van der Waals surface area contributed by atoms with Gasteiger partial charge in [0.1, 0.15) is 17.2 Å². The number of carbonyl (C=O) groups excluding carboxylic acids is 1. The van der Waals surface area contributed by atoms with Crippen LogP contribution < -0.4 is 30.2 Å². The number of alkyl halides is 2. The van der Waals surface area contributed by atoms with E-state index in [2.05, 4.69) is 25.7 Å². The fraction of sp³-hybridized carbons (Fsp3) is 0.333. The first-order valence-electron chi connectivity index (χ1n) is 9.41.